The van der Waals surface area contributed by atoms with Gasteiger partial charge in [0.15, 0.2) is 0 Å². The molecule has 0 spiro atoms. The Hall–Kier alpha value is -0.780. The van der Waals surface area contributed by atoms with Crippen LogP contribution in [0, 0.1) is 0 Å². The first-order chi connectivity index (χ1) is 7.41. The van der Waals surface area contributed by atoms with Crippen LogP contribution in [0.5, 0.6) is 0 Å². The van der Waals surface area contributed by atoms with Crippen molar-refractivity contribution in [2.24, 2.45) is 0 Å². The third-order valence-corrected chi connectivity index (χ3v) is 2.45. The van der Waals surface area contributed by atoms with E-state index in [9.17, 15) is 0 Å². The molecule has 0 aliphatic rings. The zero-order valence-corrected chi connectivity index (χ0v) is 10.3. The number of unbranched alkanes of at least 4 members (excludes halogenated alkanes) is 6. The Kier molecular flexibility index (Phi) is 12.5. The van der Waals surface area contributed by atoms with Crippen LogP contribution < -0.4 is 0 Å². The standard InChI is InChI=1S/C15H26/c1-3-5-7-9-11-13-15-14-12-10-8-6-4-2/h3-4,6,10,12H,1,5,7-9,11,13-15H2,2H3. The Balaban J connectivity index is 3.04. The first kappa shape index (κ1) is 14.2. The summed E-state index contributed by atoms with van der Waals surface area (Å²) in [5, 5.41) is 0. The van der Waals surface area contributed by atoms with E-state index >= 15 is 0 Å². The van der Waals surface area contributed by atoms with E-state index in [2.05, 4.69) is 37.8 Å². The molecule has 0 amide bonds. The molecule has 0 rings (SSSR count). The lowest BCUT2D eigenvalue weighted by atomic mass is 10.1. The van der Waals surface area contributed by atoms with E-state index < -0.39 is 0 Å². The highest BCUT2D eigenvalue weighted by molar-refractivity contribution is 4.91. The van der Waals surface area contributed by atoms with Crippen molar-refractivity contribution in [1.82, 2.24) is 0 Å². The SMILES string of the molecule is C=CCCCCCCCC=CCC=CC. The maximum Gasteiger partial charge on any atom is -0.0169 e. The van der Waals surface area contributed by atoms with Gasteiger partial charge in [-0.3, -0.25) is 0 Å². The number of rotatable bonds is 10. The molecule has 15 heavy (non-hydrogen) atoms. The molecule has 0 aliphatic heterocycles. The van der Waals surface area contributed by atoms with Crippen LogP contribution >= 0.6 is 0 Å². The highest BCUT2D eigenvalue weighted by Gasteiger charge is 1.88. The molecule has 0 radical (unpaired) electrons. The van der Waals surface area contributed by atoms with Gasteiger partial charge in [-0.15, -0.1) is 6.58 Å². The average Bonchev–Trinajstić information content (AvgIpc) is 2.26. The first-order valence-electron chi connectivity index (χ1n) is 6.29. The van der Waals surface area contributed by atoms with Gasteiger partial charge in [0.25, 0.3) is 0 Å². The molecule has 0 saturated heterocycles. The third kappa shape index (κ3) is 13.2. The zero-order chi connectivity index (χ0) is 11.2. The highest BCUT2D eigenvalue weighted by atomic mass is 13.9. The van der Waals surface area contributed by atoms with Gasteiger partial charge in [-0.05, 0) is 39.0 Å². The molecule has 0 aromatic heterocycles. The molecule has 0 atom stereocenters. The van der Waals surface area contributed by atoms with Gasteiger partial charge >= 0.3 is 0 Å². The van der Waals surface area contributed by atoms with Crippen LogP contribution in [0.15, 0.2) is 37.0 Å². The van der Waals surface area contributed by atoms with Crippen molar-refractivity contribution in [3.05, 3.63) is 37.0 Å². The second-order valence-electron chi connectivity index (χ2n) is 3.91. The summed E-state index contributed by atoms with van der Waals surface area (Å²) in [6, 6.07) is 0. The fraction of sp³-hybridized carbons (Fsp3) is 0.600. The molecular formula is C15H26. The highest BCUT2D eigenvalue weighted by Crippen LogP contribution is 2.07. The molecule has 0 bridgehead atoms. The maximum atomic E-state index is 3.73. The molecule has 0 heteroatoms. The topological polar surface area (TPSA) is 0 Å². The minimum Gasteiger partial charge on any atom is -0.103 e. The van der Waals surface area contributed by atoms with Crippen LogP contribution in [0.3, 0.4) is 0 Å². The lowest BCUT2D eigenvalue weighted by Gasteiger charge is -1.97. The second-order valence-corrected chi connectivity index (χ2v) is 3.91. The number of hydrogen-bond acceptors (Lipinski definition) is 0. The molecule has 0 saturated carbocycles. The third-order valence-electron chi connectivity index (χ3n) is 2.45. The summed E-state index contributed by atoms with van der Waals surface area (Å²) < 4.78 is 0. The van der Waals surface area contributed by atoms with Crippen molar-refractivity contribution in [3.8, 4) is 0 Å². The average molecular weight is 206 g/mol. The van der Waals surface area contributed by atoms with E-state index in [1.807, 2.05) is 6.08 Å². The fourth-order valence-electron chi connectivity index (χ4n) is 1.51. The van der Waals surface area contributed by atoms with E-state index in [0.29, 0.717) is 0 Å². The van der Waals surface area contributed by atoms with Gasteiger partial charge in [-0.1, -0.05) is 49.6 Å². The van der Waals surface area contributed by atoms with Crippen molar-refractivity contribution in [2.45, 2.75) is 58.3 Å². The van der Waals surface area contributed by atoms with Crippen LogP contribution in [-0.4, -0.2) is 0 Å². The maximum absolute atomic E-state index is 3.73. The van der Waals surface area contributed by atoms with Gasteiger partial charge in [0, 0.05) is 0 Å². The Morgan fingerprint density at radius 1 is 0.800 bits per heavy atom. The fourth-order valence-corrected chi connectivity index (χ4v) is 1.51. The van der Waals surface area contributed by atoms with Crippen molar-refractivity contribution >= 4 is 0 Å². The smallest absolute Gasteiger partial charge is 0.0169 e. The summed E-state index contributed by atoms with van der Waals surface area (Å²) in [7, 11) is 0. The number of allylic oxidation sites excluding steroid dienone is 5. The summed E-state index contributed by atoms with van der Waals surface area (Å²) in [6.07, 6.45) is 21.2. The minimum absolute atomic E-state index is 1.09. The summed E-state index contributed by atoms with van der Waals surface area (Å²) in [5.74, 6) is 0. The molecule has 0 N–H and O–H groups in total. The zero-order valence-electron chi connectivity index (χ0n) is 10.3. The molecule has 0 unspecified atom stereocenters. The number of hydrogen-bond donors (Lipinski definition) is 0. The summed E-state index contributed by atoms with van der Waals surface area (Å²) in [4.78, 5) is 0. The lowest BCUT2D eigenvalue weighted by molar-refractivity contribution is 0.622. The largest absolute Gasteiger partial charge is 0.103 e. The van der Waals surface area contributed by atoms with E-state index in [1.54, 1.807) is 0 Å². The van der Waals surface area contributed by atoms with Crippen LogP contribution in [0.2, 0.25) is 0 Å². The molecule has 86 valence electrons. The van der Waals surface area contributed by atoms with Crippen LogP contribution in [0.25, 0.3) is 0 Å². The minimum atomic E-state index is 1.09. The van der Waals surface area contributed by atoms with Crippen molar-refractivity contribution in [3.63, 3.8) is 0 Å². The molecule has 0 aromatic rings. The second kappa shape index (κ2) is 13.2. The quantitative estimate of drug-likeness (QED) is 0.330. The molecular weight excluding hydrogens is 180 g/mol. The monoisotopic (exact) mass is 206 g/mol. The van der Waals surface area contributed by atoms with Gasteiger partial charge in [0.05, 0.1) is 0 Å². The van der Waals surface area contributed by atoms with Gasteiger partial charge in [0.2, 0.25) is 0 Å². The molecule has 0 fully saturated rings. The summed E-state index contributed by atoms with van der Waals surface area (Å²) in [5.41, 5.74) is 0. The molecule has 0 heterocycles. The summed E-state index contributed by atoms with van der Waals surface area (Å²) >= 11 is 0. The predicted molar refractivity (Wildman–Crippen MR) is 71.1 cm³/mol. The van der Waals surface area contributed by atoms with Crippen molar-refractivity contribution in [1.29, 1.82) is 0 Å². The van der Waals surface area contributed by atoms with Gasteiger partial charge in [0.1, 0.15) is 0 Å². The van der Waals surface area contributed by atoms with E-state index in [0.717, 1.165) is 6.42 Å². The van der Waals surface area contributed by atoms with Crippen LogP contribution in [-0.2, 0) is 0 Å². The summed E-state index contributed by atoms with van der Waals surface area (Å²) in [6.45, 7) is 5.80. The van der Waals surface area contributed by atoms with Crippen molar-refractivity contribution in [2.75, 3.05) is 0 Å². The van der Waals surface area contributed by atoms with Gasteiger partial charge in [-0.25, -0.2) is 0 Å². The van der Waals surface area contributed by atoms with E-state index in [1.165, 1.54) is 44.9 Å². The molecule has 0 aliphatic carbocycles. The first-order valence-corrected chi connectivity index (χ1v) is 6.29. The van der Waals surface area contributed by atoms with Crippen molar-refractivity contribution < 1.29 is 0 Å². The molecule has 0 aromatic carbocycles. The Morgan fingerprint density at radius 2 is 1.47 bits per heavy atom. The van der Waals surface area contributed by atoms with Crippen LogP contribution in [0.4, 0.5) is 0 Å². The lowest BCUT2D eigenvalue weighted by Crippen LogP contribution is -1.77. The Morgan fingerprint density at radius 3 is 2.13 bits per heavy atom. The van der Waals surface area contributed by atoms with Gasteiger partial charge < -0.3 is 0 Å². The molecule has 0 nitrogen and oxygen atoms in total. The van der Waals surface area contributed by atoms with Crippen LogP contribution in [0.1, 0.15) is 58.3 Å². The van der Waals surface area contributed by atoms with E-state index in [4.69, 9.17) is 0 Å². The Labute approximate surface area is 95.8 Å². The van der Waals surface area contributed by atoms with E-state index in [-0.39, 0.29) is 0 Å². The normalized spacial score (nSPS) is 11.5. The Bertz CT molecular complexity index is 174. The predicted octanol–water partition coefficient (Wildman–Crippen LogP) is 5.43. The van der Waals surface area contributed by atoms with Gasteiger partial charge in [-0.2, -0.15) is 0 Å².